The number of hydrogen-bond acceptors (Lipinski definition) is 3. The van der Waals surface area contributed by atoms with E-state index in [1.54, 1.807) is 9.80 Å². The van der Waals surface area contributed by atoms with Gasteiger partial charge >= 0.3 is 6.03 Å². The number of carbonyl (C=O) groups excluding carboxylic acids is 2. The smallest absolute Gasteiger partial charge is 0.317 e. The summed E-state index contributed by atoms with van der Waals surface area (Å²) in [4.78, 5) is 43.9. The molecular weight excluding hydrogens is 332 g/mol. The molecular formula is C19H22N4O3. The van der Waals surface area contributed by atoms with Crippen LogP contribution in [0.1, 0.15) is 28.8 Å². The Bertz CT molecular complexity index is 936. The number of rotatable bonds is 2. The summed E-state index contributed by atoms with van der Waals surface area (Å²) in [6.07, 6.45) is 1.70. The van der Waals surface area contributed by atoms with E-state index in [0.717, 1.165) is 23.7 Å². The van der Waals surface area contributed by atoms with Gasteiger partial charge in [-0.2, -0.15) is 0 Å². The van der Waals surface area contributed by atoms with Crippen molar-refractivity contribution in [3.05, 3.63) is 45.7 Å². The maximum Gasteiger partial charge on any atom is 0.317 e. The lowest BCUT2D eigenvalue weighted by Crippen LogP contribution is -2.51. The molecule has 2 N–H and O–H groups in total. The molecule has 3 amide bonds. The van der Waals surface area contributed by atoms with E-state index in [-0.39, 0.29) is 29.1 Å². The minimum atomic E-state index is -0.354. The molecule has 7 heteroatoms. The molecule has 0 radical (unpaired) electrons. The molecule has 26 heavy (non-hydrogen) atoms. The Balaban J connectivity index is 1.64. The largest absolute Gasteiger partial charge is 0.336 e. The highest BCUT2D eigenvalue weighted by Crippen LogP contribution is 2.22. The molecule has 1 unspecified atom stereocenters. The maximum absolute atomic E-state index is 13.1. The van der Waals surface area contributed by atoms with Crippen molar-refractivity contribution in [2.24, 2.45) is 0 Å². The fourth-order valence-corrected chi connectivity index (χ4v) is 4.05. The fraction of sp³-hybridized carbons (Fsp3) is 0.421. The van der Waals surface area contributed by atoms with Crippen LogP contribution in [0.4, 0.5) is 4.79 Å². The second-order valence-corrected chi connectivity index (χ2v) is 6.97. The highest BCUT2D eigenvalue weighted by Gasteiger charge is 2.34. The number of nitrogens with zero attached hydrogens (tertiary/aromatic N) is 2. The zero-order valence-electron chi connectivity index (χ0n) is 14.7. The van der Waals surface area contributed by atoms with Crippen LogP contribution in [0.2, 0.25) is 0 Å². The van der Waals surface area contributed by atoms with Crippen LogP contribution in [0.25, 0.3) is 10.9 Å². The number of hydrogen-bond donors (Lipinski definition) is 2. The average molecular weight is 354 g/mol. The number of piperidine rings is 1. The highest BCUT2D eigenvalue weighted by molar-refractivity contribution is 6.00. The number of fused-ring (bicyclic) bond motifs is 1. The third-order valence-corrected chi connectivity index (χ3v) is 5.41. The third kappa shape index (κ3) is 2.73. The van der Waals surface area contributed by atoms with Gasteiger partial charge in [0, 0.05) is 37.1 Å². The molecule has 1 aromatic heterocycles. The van der Waals surface area contributed by atoms with Crippen LogP contribution in [0.3, 0.4) is 0 Å². The number of para-hydroxylation sites is 1. The second-order valence-electron chi connectivity index (χ2n) is 6.97. The number of aromatic amines is 1. The summed E-state index contributed by atoms with van der Waals surface area (Å²) in [6.45, 7) is 4.21. The first-order valence-electron chi connectivity index (χ1n) is 9.01. The molecule has 0 saturated carbocycles. The van der Waals surface area contributed by atoms with Gasteiger partial charge in [-0.1, -0.05) is 18.2 Å². The standard InChI is InChI=1S/C19H22N4O3/c1-12-14-6-2-3-7-15(14)21-17(24)16(12)18(25)22-9-4-5-13(11-22)23-10-8-20-19(23)26/h2-3,6-7,13H,4-5,8-11H2,1H3,(H,20,26)(H,21,24). The number of benzene rings is 1. The van der Waals surface area contributed by atoms with E-state index in [2.05, 4.69) is 10.3 Å². The Labute approximate surface area is 151 Å². The molecule has 4 rings (SSSR count). The quantitative estimate of drug-likeness (QED) is 0.856. The minimum Gasteiger partial charge on any atom is -0.336 e. The number of nitrogens with one attached hydrogen (secondary N) is 2. The Kier molecular flexibility index (Phi) is 4.14. The van der Waals surface area contributed by atoms with Crippen LogP contribution in [0.5, 0.6) is 0 Å². The molecule has 7 nitrogen and oxygen atoms in total. The number of urea groups is 1. The SMILES string of the molecule is Cc1c(C(=O)N2CCCC(N3CCNC3=O)C2)c(=O)[nH]c2ccccc12. The maximum atomic E-state index is 13.1. The summed E-state index contributed by atoms with van der Waals surface area (Å²) in [5.41, 5.74) is 1.29. The van der Waals surface area contributed by atoms with Gasteiger partial charge in [-0.3, -0.25) is 9.59 Å². The molecule has 2 fully saturated rings. The van der Waals surface area contributed by atoms with Gasteiger partial charge in [-0.25, -0.2) is 4.79 Å². The van der Waals surface area contributed by atoms with Gasteiger partial charge in [0.15, 0.2) is 0 Å². The molecule has 1 aromatic carbocycles. The van der Waals surface area contributed by atoms with E-state index >= 15 is 0 Å². The van der Waals surface area contributed by atoms with Crippen LogP contribution in [-0.2, 0) is 0 Å². The Morgan fingerprint density at radius 1 is 1.19 bits per heavy atom. The molecule has 2 aliphatic heterocycles. The lowest BCUT2D eigenvalue weighted by molar-refractivity contribution is 0.0632. The zero-order valence-corrected chi connectivity index (χ0v) is 14.7. The van der Waals surface area contributed by atoms with Crippen LogP contribution in [-0.4, -0.2) is 58.9 Å². The number of likely N-dealkylation sites (tertiary alicyclic amines) is 1. The van der Waals surface area contributed by atoms with Crippen LogP contribution in [0.15, 0.2) is 29.1 Å². The molecule has 0 bridgehead atoms. The summed E-state index contributed by atoms with van der Waals surface area (Å²) in [5.74, 6) is -0.251. The van der Waals surface area contributed by atoms with E-state index in [1.807, 2.05) is 31.2 Å². The van der Waals surface area contributed by atoms with E-state index in [0.29, 0.717) is 31.7 Å². The predicted molar refractivity (Wildman–Crippen MR) is 98.3 cm³/mol. The normalized spacial score (nSPS) is 20.5. The van der Waals surface area contributed by atoms with Gasteiger partial charge in [0.05, 0.1) is 6.04 Å². The zero-order chi connectivity index (χ0) is 18.3. The summed E-state index contributed by atoms with van der Waals surface area (Å²) in [6, 6.07) is 7.44. The van der Waals surface area contributed by atoms with Gasteiger partial charge < -0.3 is 20.1 Å². The molecule has 2 saturated heterocycles. The van der Waals surface area contributed by atoms with Crippen molar-refractivity contribution < 1.29 is 9.59 Å². The lowest BCUT2D eigenvalue weighted by Gasteiger charge is -2.37. The lowest BCUT2D eigenvalue weighted by atomic mass is 10.0. The predicted octanol–water partition coefficient (Wildman–Crippen LogP) is 1.47. The van der Waals surface area contributed by atoms with Gasteiger partial charge in [0.25, 0.3) is 11.5 Å². The molecule has 3 heterocycles. The van der Waals surface area contributed by atoms with Crippen molar-refractivity contribution in [1.82, 2.24) is 20.1 Å². The van der Waals surface area contributed by atoms with Gasteiger partial charge in [0.1, 0.15) is 5.56 Å². The van der Waals surface area contributed by atoms with Crippen LogP contribution in [0, 0.1) is 6.92 Å². The Morgan fingerprint density at radius 3 is 2.77 bits per heavy atom. The summed E-state index contributed by atoms with van der Waals surface area (Å²) in [5, 5.41) is 3.69. The first kappa shape index (κ1) is 16.6. The van der Waals surface area contributed by atoms with E-state index in [1.165, 1.54) is 0 Å². The highest BCUT2D eigenvalue weighted by atomic mass is 16.2. The summed E-state index contributed by atoms with van der Waals surface area (Å²) >= 11 is 0. The van der Waals surface area contributed by atoms with Crippen molar-refractivity contribution in [3.63, 3.8) is 0 Å². The van der Waals surface area contributed by atoms with Crippen molar-refractivity contribution in [2.75, 3.05) is 26.2 Å². The van der Waals surface area contributed by atoms with Gasteiger partial charge in [-0.05, 0) is 31.4 Å². The number of H-pyrrole nitrogens is 1. The number of aromatic nitrogens is 1. The van der Waals surface area contributed by atoms with Crippen LogP contribution >= 0.6 is 0 Å². The van der Waals surface area contributed by atoms with E-state index < -0.39 is 0 Å². The molecule has 0 spiro atoms. The van der Waals surface area contributed by atoms with Gasteiger partial charge in [0.2, 0.25) is 0 Å². The second kappa shape index (κ2) is 6.48. The number of amides is 3. The molecule has 0 aliphatic carbocycles. The van der Waals surface area contributed by atoms with Crippen molar-refractivity contribution >= 4 is 22.8 Å². The van der Waals surface area contributed by atoms with Gasteiger partial charge in [-0.15, -0.1) is 0 Å². The monoisotopic (exact) mass is 354 g/mol. The number of pyridine rings is 1. The van der Waals surface area contributed by atoms with Crippen molar-refractivity contribution in [3.8, 4) is 0 Å². The number of aryl methyl sites for hydroxylation is 1. The Morgan fingerprint density at radius 2 is 2.00 bits per heavy atom. The minimum absolute atomic E-state index is 0.00930. The summed E-state index contributed by atoms with van der Waals surface area (Å²) < 4.78 is 0. The molecule has 2 aromatic rings. The first-order valence-corrected chi connectivity index (χ1v) is 9.01. The third-order valence-electron chi connectivity index (χ3n) is 5.41. The first-order chi connectivity index (χ1) is 12.6. The topological polar surface area (TPSA) is 85.5 Å². The van der Waals surface area contributed by atoms with E-state index in [9.17, 15) is 14.4 Å². The molecule has 136 valence electrons. The Hall–Kier alpha value is -2.83. The van der Waals surface area contributed by atoms with Crippen LogP contribution < -0.4 is 10.9 Å². The fourth-order valence-electron chi connectivity index (χ4n) is 4.05. The molecule has 1 atom stereocenters. The van der Waals surface area contributed by atoms with Crippen molar-refractivity contribution in [1.29, 1.82) is 0 Å². The average Bonchev–Trinajstić information content (AvgIpc) is 3.08. The van der Waals surface area contributed by atoms with E-state index in [4.69, 9.17) is 0 Å². The summed E-state index contributed by atoms with van der Waals surface area (Å²) in [7, 11) is 0. The molecule has 2 aliphatic rings. The number of carbonyl (C=O) groups is 2. The van der Waals surface area contributed by atoms with Crippen molar-refractivity contribution in [2.45, 2.75) is 25.8 Å².